The van der Waals surface area contributed by atoms with Crippen LogP contribution in [0.15, 0.2) is 30.7 Å². The maximum Gasteiger partial charge on any atom is 0.422 e. The first kappa shape index (κ1) is 16.4. The predicted octanol–water partition coefficient (Wildman–Crippen LogP) is 3.61. The predicted molar refractivity (Wildman–Crippen MR) is 77.4 cm³/mol. The molecule has 0 radical (unpaired) electrons. The van der Waals surface area contributed by atoms with Crippen molar-refractivity contribution in [2.24, 2.45) is 0 Å². The van der Waals surface area contributed by atoms with Gasteiger partial charge in [-0.15, -0.1) is 0 Å². The number of halogens is 5. The molecule has 0 aliphatic heterocycles. The molecule has 0 bridgehead atoms. The Morgan fingerprint density at radius 2 is 2.04 bits per heavy atom. The molecule has 0 aliphatic carbocycles. The van der Waals surface area contributed by atoms with Crippen molar-refractivity contribution in [3.63, 3.8) is 0 Å². The molecule has 0 atom stereocenters. The van der Waals surface area contributed by atoms with Gasteiger partial charge in [-0.3, -0.25) is 4.68 Å². The Balaban J connectivity index is 1.77. The van der Waals surface area contributed by atoms with Crippen molar-refractivity contribution in [2.75, 3.05) is 6.61 Å². The molecule has 3 aromatic rings. The summed E-state index contributed by atoms with van der Waals surface area (Å²) >= 11 is 5.95. The van der Waals surface area contributed by atoms with Gasteiger partial charge in [0.1, 0.15) is 5.15 Å². The van der Waals surface area contributed by atoms with Gasteiger partial charge in [0.25, 0.3) is 5.88 Å². The lowest BCUT2D eigenvalue weighted by Gasteiger charge is -2.09. The fourth-order valence-electron chi connectivity index (χ4n) is 2.04. The standard InChI is InChI=1S/C14H9ClF4N4O/c15-12-9-6-23(22-11(9)1-2-20-12)5-8-3-10(16)13(21-4-8)24-7-14(17,18)19/h1-4,6H,5,7H2. The summed E-state index contributed by atoms with van der Waals surface area (Å²) < 4.78 is 55.8. The van der Waals surface area contributed by atoms with Gasteiger partial charge in [-0.1, -0.05) is 11.6 Å². The van der Waals surface area contributed by atoms with Crippen LogP contribution in [-0.2, 0) is 6.54 Å². The van der Waals surface area contributed by atoms with E-state index in [0.29, 0.717) is 21.6 Å². The Bertz CT molecular complexity index is 881. The highest BCUT2D eigenvalue weighted by molar-refractivity contribution is 6.34. The Hall–Kier alpha value is -2.42. The molecule has 3 rings (SSSR count). The van der Waals surface area contributed by atoms with Crippen LogP contribution < -0.4 is 4.74 Å². The zero-order chi connectivity index (χ0) is 17.3. The zero-order valence-electron chi connectivity index (χ0n) is 11.9. The SMILES string of the molecule is Fc1cc(Cn2cc3c(Cl)nccc3n2)cnc1OCC(F)(F)F. The molecule has 3 heterocycles. The van der Waals surface area contributed by atoms with Gasteiger partial charge < -0.3 is 4.74 Å². The molecule has 5 nitrogen and oxygen atoms in total. The molecular weight excluding hydrogens is 352 g/mol. The van der Waals surface area contributed by atoms with Gasteiger partial charge >= 0.3 is 6.18 Å². The first-order valence-electron chi connectivity index (χ1n) is 6.63. The van der Waals surface area contributed by atoms with Crippen LogP contribution in [-0.4, -0.2) is 32.5 Å². The number of nitrogens with zero attached hydrogens (tertiary/aromatic N) is 4. The monoisotopic (exact) mass is 360 g/mol. The normalized spacial score (nSPS) is 11.9. The van der Waals surface area contributed by atoms with Gasteiger partial charge in [0.05, 0.1) is 17.4 Å². The summed E-state index contributed by atoms with van der Waals surface area (Å²) in [6.07, 6.45) is -0.192. The van der Waals surface area contributed by atoms with Gasteiger partial charge in [-0.05, 0) is 17.7 Å². The van der Waals surface area contributed by atoms with E-state index >= 15 is 0 Å². The second kappa shape index (κ2) is 6.23. The van der Waals surface area contributed by atoms with Crippen LogP contribution in [0.3, 0.4) is 0 Å². The van der Waals surface area contributed by atoms with Crippen LogP contribution in [0.2, 0.25) is 5.15 Å². The fraction of sp³-hybridized carbons (Fsp3) is 0.214. The summed E-state index contributed by atoms with van der Waals surface area (Å²) in [5.74, 6) is -1.68. The molecule has 0 saturated heterocycles. The summed E-state index contributed by atoms with van der Waals surface area (Å²) in [5.41, 5.74) is 1.03. The molecule has 0 aromatic carbocycles. The number of ether oxygens (including phenoxy) is 1. The highest BCUT2D eigenvalue weighted by Crippen LogP contribution is 2.22. The molecule has 0 spiro atoms. The van der Waals surface area contributed by atoms with E-state index in [1.165, 1.54) is 17.1 Å². The molecule has 0 N–H and O–H groups in total. The third-order valence-electron chi connectivity index (χ3n) is 3.01. The Labute approximate surface area is 137 Å². The lowest BCUT2D eigenvalue weighted by molar-refractivity contribution is -0.154. The number of hydrogen-bond acceptors (Lipinski definition) is 4. The maximum atomic E-state index is 13.8. The smallest absolute Gasteiger partial charge is 0.422 e. The van der Waals surface area contributed by atoms with E-state index in [1.54, 1.807) is 12.3 Å². The summed E-state index contributed by atoms with van der Waals surface area (Å²) in [5, 5.41) is 5.18. The first-order valence-corrected chi connectivity index (χ1v) is 7.01. The molecule has 0 unspecified atom stereocenters. The molecule has 0 fully saturated rings. The van der Waals surface area contributed by atoms with E-state index in [4.69, 9.17) is 11.6 Å². The van der Waals surface area contributed by atoms with Crippen molar-refractivity contribution >= 4 is 22.5 Å². The van der Waals surface area contributed by atoms with E-state index < -0.39 is 24.5 Å². The Kier molecular flexibility index (Phi) is 4.27. The van der Waals surface area contributed by atoms with Crippen LogP contribution >= 0.6 is 11.6 Å². The van der Waals surface area contributed by atoms with Gasteiger partial charge in [0.2, 0.25) is 0 Å². The highest BCUT2D eigenvalue weighted by Gasteiger charge is 2.29. The average Bonchev–Trinajstić information content (AvgIpc) is 2.89. The topological polar surface area (TPSA) is 52.8 Å². The molecule has 24 heavy (non-hydrogen) atoms. The average molecular weight is 361 g/mol. The second-order valence-electron chi connectivity index (χ2n) is 4.90. The number of pyridine rings is 2. The van der Waals surface area contributed by atoms with Crippen LogP contribution in [0.1, 0.15) is 5.56 Å². The first-order chi connectivity index (χ1) is 11.3. The third-order valence-corrected chi connectivity index (χ3v) is 3.32. The van der Waals surface area contributed by atoms with Crippen LogP contribution in [0.4, 0.5) is 17.6 Å². The van der Waals surface area contributed by atoms with Crippen molar-refractivity contribution in [2.45, 2.75) is 12.7 Å². The molecule has 10 heteroatoms. The van der Waals surface area contributed by atoms with Crippen molar-refractivity contribution in [1.29, 1.82) is 0 Å². The molecule has 0 saturated carbocycles. The van der Waals surface area contributed by atoms with E-state index in [0.717, 1.165) is 6.07 Å². The minimum Gasteiger partial charge on any atom is -0.466 e. The summed E-state index contributed by atoms with van der Waals surface area (Å²) in [6.45, 7) is -1.44. The van der Waals surface area contributed by atoms with Crippen LogP contribution in [0, 0.1) is 5.82 Å². The van der Waals surface area contributed by atoms with E-state index in [2.05, 4.69) is 19.8 Å². The summed E-state index contributed by atoms with van der Waals surface area (Å²) in [4.78, 5) is 7.50. The van der Waals surface area contributed by atoms with Crippen molar-refractivity contribution in [3.05, 3.63) is 47.3 Å². The summed E-state index contributed by atoms with van der Waals surface area (Å²) in [6, 6.07) is 2.72. The van der Waals surface area contributed by atoms with Crippen molar-refractivity contribution < 1.29 is 22.3 Å². The third kappa shape index (κ3) is 3.73. The van der Waals surface area contributed by atoms with Crippen LogP contribution in [0.5, 0.6) is 5.88 Å². The molecule has 0 amide bonds. The molecule has 3 aromatic heterocycles. The van der Waals surface area contributed by atoms with E-state index in [1.807, 2.05) is 0 Å². The molecule has 126 valence electrons. The minimum atomic E-state index is -4.56. The number of fused-ring (bicyclic) bond motifs is 1. The summed E-state index contributed by atoms with van der Waals surface area (Å²) in [7, 11) is 0. The fourth-order valence-corrected chi connectivity index (χ4v) is 2.24. The van der Waals surface area contributed by atoms with Gasteiger partial charge in [0, 0.05) is 18.6 Å². The Morgan fingerprint density at radius 3 is 2.71 bits per heavy atom. The van der Waals surface area contributed by atoms with E-state index in [9.17, 15) is 17.6 Å². The maximum absolute atomic E-state index is 13.8. The quantitative estimate of drug-likeness (QED) is 0.527. The minimum absolute atomic E-state index is 0.161. The van der Waals surface area contributed by atoms with Gasteiger partial charge in [0.15, 0.2) is 12.4 Å². The van der Waals surface area contributed by atoms with E-state index in [-0.39, 0.29) is 6.54 Å². The largest absolute Gasteiger partial charge is 0.466 e. The highest BCUT2D eigenvalue weighted by atomic mass is 35.5. The number of alkyl halides is 3. The van der Waals surface area contributed by atoms with Crippen molar-refractivity contribution in [3.8, 4) is 5.88 Å². The number of aromatic nitrogens is 4. The lowest BCUT2D eigenvalue weighted by Crippen LogP contribution is -2.20. The molecule has 0 aliphatic rings. The van der Waals surface area contributed by atoms with Crippen LogP contribution in [0.25, 0.3) is 10.9 Å². The van der Waals surface area contributed by atoms with Crippen molar-refractivity contribution in [1.82, 2.24) is 19.7 Å². The zero-order valence-corrected chi connectivity index (χ0v) is 12.6. The number of rotatable bonds is 4. The van der Waals surface area contributed by atoms with Gasteiger partial charge in [-0.2, -0.15) is 18.3 Å². The second-order valence-corrected chi connectivity index (χ2v) is 5.25. The number of hydrogen-bond donors (Lipinski definition) is 0. The molecular formula is C14H9ClF4N4O. The lowest BCUT2D eigenvalue weighted by atomic mass is 10.3. The Morgan fingerprint density at radius 1 is 1.25 bits per heavy atom. The van der Waals surface area contributed by atoms with Gasteiger partial charge in [-0.25, -0.2) is 14.4 Å².